The van der Waals surface area contributed by atoms with Gasteiger partial charge in [-0.3, -0.25) is 0 Å². The number of hydrogen-bond acceptors (Lipinski definition) is 3. The van der Waals surface area contributed by atoms with Crippen LogP contribution in [0.25, 0.3) is 0 Å². The summed E-state index contributed by atoms with van der Waals surface area (Å²) in [4.78, 5) is 0. The summed E-state index contributed by atoms with van der Waals surface area (Å²) in [5.74, 6) is 0. The first-order chi connectivity index (χ1) is 4.00. The third-order valence-corrected chi connectivity index (χ3v) is 0. The molecule has 0 fully saturated rings. The van der Waals surface area contributed by atoms with Crippen molar-refractivity contribution in [1.29, 1.82) is 15.8 Å². The average molecular weight is 365 g/mol. The van der Waals surface area contributed by atoms with Gasteiger partial charge in [-0.1, -0.05) is 13.8 Å². The van der Waals surface area contributed by atoms with Crippen LogP contribution in [0.15, 0.2) is 0 Å². The summed E-state index contributed by atoms with van der Waals surface area (Å²) in [6.45, 7) is 18.2. The van der Waals surface area contributed by atoms with Gasteiger partial charge in [0, 0.05) is 0 Å². The molecular weight excluding hydrogens is 359 g/mol. The maximum Gasteiger partial charge on any atom is 0 e. The van der Waals surface area contributed by atoms with Gasteiger partial charge in [-0.25, -0.2) is 0 Å². The molecule has 0 radical (unpaired) electrons. The van der Waals surface area contributed by atoms with Crippen molar-refractivity contribution in [3.63, 3.8) is 0 Å². The number of rotatable bonds is 0. The van der Waals surface area contributed by atoms with Crippen LogP contribution >= 0.6 is 0 Å². The van der Waals surface area contributed by atoms with E-state index in [4.69, 9.17) is 35.5 Å². The zero-order valence-electron chi connectivity index (χ0n) is 5.13. The maximum atomic E-state index is 6.25. The predicted octanol–water partition coefficient (Wildman–Crippen LogP) is 1.32. The molecule has 0 rings (SSSR count). The molecule has 0 aliphatic heterocycles. The van der Waals surface area contributed by atoms with E-state index in [1.165, 1.54) is 0 Å². The molecule has 3 nitrogen and oxygen atoms in total. The Kier molecular flexibility index (Phi) is 170. The molecule has 0 aliphatic carbocycles. The van der Waals surface area contributed by atoms with Crippen molar-refractivity contribution in [2.45, 2.75) is 13.8 Å². The molecule has 0 saturated carbocycles. The molecule has 0 saturated heterocycles. The summed E-state index contributed by atoms with van der Waals surface area (Å²) in [6.07, 6.45) is 0. The summed E-state index contributed by atoms with van der Waals surface area (Å²) in [6, 6.07) is 0. The minimum absolute atomic E-state index is 0. The van der Waals surface area contributed by atoms with Gasteiger partial charge in [-0.05, 0) is 0 Å². The molecule has 0 aromatic carbocycles. The maximum absolute atomic E-state index is 6.25. The van der Waals surface area contributed by atoms with Gasteiger partial charge in [-0.15, -0.1) is 0 Å². The van der Waals surface area contributed by atoms with Crippen molar-refractivity contribution in [2.24, 2.45) is 0 Å². The van der Waals surface area contributed by atoms with Gasteiger partial charge in [0.1, 0.15) is 0 Å². The van der Waals surface area contributed by atoms with Crippen molar-refractivity contribution in [1.82, 2.24) is 0 Å². The second-order valence-electron chi connectivity index (χ2n) is 0. The Morgan fingerprint density at radius 3 is 0.667 bits per heavy atom. The molecule has 0 aliphatic rings. The van der Waals surface area contributed by atoms with E-state index in [0.717, 1.165) is 0 Å². The summed E-state index contributed by atoms with van der Waals surface area (Å²) >= 11 is 0. The molecular formula is C5H6FmN3-3. The monoisotopic (exact) mass is 365 g/mol. The fraction of sp³-hybridized carbons (Fsp3) is 0.400. The van der Waals surface area contributed by atoms with E-state index in [2.05, 4.69) is 0 Å². The minimum Gasteiger partial charge on any atom is -0.512 e. The van der Waals surface area contributed by atoms with Crippen LogP contribution in [-0.4, -0.2) is 0 Å². The molecule has 0 bridgehead atoms. The summed E-state index contributed by atoms with van der Waals surface area (Å²) in [7, 11) is 0. The minimum atomic E-state index is 0. The van der Waals surface area contributed by atoms with Crippen LogP contribution < -0.4 is 0 Å². The topological polar surface area (TPSA) is 71.4 Å². The normalized spacial score (nSPS) is 1.33. The van der Waals surface area contributed by atoms with Crippen molar-refractivity contribution in [3.05, 3.63) is 19.7 Å². The first kappa shape index (κ1) is 89.6. The van der Waals surface area contributed by atoms with E-state index >= 15 is 0 Å². The third-order valence-electron chi connectivity index (χ3n) is 0. The largest absolute Gasteiger partial charge is 0.512 e. The zero-order valence-corrected chi connectivity index (χ0v) is 7.53. The first-order valence-corrected chi connectivity index (χ1v) is 1.67. The van der Waals surface area contributed by atoms with Gasteiger partial charge in [0.15, 0.2) is 0 Å². The van der Waals surface area contributed by atoms with E-state index in [1.54, 1.807) is 0 Å². The Bertz CT molecular complexity index is 40.7. The Balaban J connectivity index is -0.00000000762. The van der Waals surface area contributed by atoms with Crippen molar-refractivity contribution < 1.29 is 0 Å². The molecule has 56 valence electrons. The van der Waals surface area contributed by atoms with E-state index in [1.807, 2.05) is 13.8 Å². The standard InChI is InChI=1S/C2H6.3CN.Fm/c4*1-2;/h1-2H3;;;;/q;3*-1;. The van der Waals surface area contributed by atoms with Gasteiger partial charge in [0.05, 0.1) is 0 Å². The number of hydrogen-bond donors (Lipinski definition) is 0. The molecule has 0 atom stereocenters. The zero-order chi connectivity index (χ0) is 8.00. The average Bonchev–Trinajstić information content (AvgIpc) is 2.03. The first-order valence-electron chi connectivity index (χ1n) is 1.67. The SMILES string of the molecule is CC.[C-]#N.[C-]#N.[C-]#N.[Fm]. The fourth-order valence-corrected chi connectivity index (χ4v) is 0. The molecule has 9 heavy (non-hydrogen) atoms. The smallest absolute Gasteiger partial charge is 0 e. The van der Waals surface area contributed by atoms with Gasteiger partial charge in [0.2, 0.25) is 0 Å². The molecule has 0 aromatic rings. The molecule has 0 amide bonds. The van der Waals surface area contributed by atoms with Crippen LogP contribution in [0.4, 0.5) is 0 Å². The van der Waals surface area contributed by atoms with Crippen LogP contribution in [-0.2, 0) is 0 Å². The Hall–Kier alpha value is -2.53. The Labute approximate surface area is 50.4 Å². The molecule has 0 spiro atoms. The van der Waals surface area contributed by atoms with E-state index in [-0.39, 0.29) is 0 Å². The summed E-state index contributed by atoms with van der Waals surface area (Å²) < 4.78 is 0. The summed E-state index contributed by atoms with van der Waals surface area (Å²) in [5.41, 5.74) is 0. The summed E-state index contributed by atoms with van der Waals surface area (Å²) in [5, 5.41) is 18.8. The van der Waals surface area contributed by atoms with Gasteiger partial charge >= 0.3 is 0 Å². The van der Waals surface area contributed by atoms with E-state index < -0.39 is 0 Å². The van der Waals surface area contributed by atoms with E-state index in [0.29, 0.717) is 0 Å². The molecule has 0 unspecified atom stereocenters. The van der Waals surface area contributed by atoms with Crippen LogP contribution in [0.1, 0.15) is 13.8 Å². The fourth-order valence-electron chi connectivity index (χ4n) is 0. The van der Waals surface area contributed by atoms with Crippen LogP contribution in [0.5, 0.6) is 0 Å². The quantitative estimate of drug-likeness (QED) is 0.608. The molecule has 4 heteroatoms. The van der Waals surface area contributed by atoms with Crippen LogP contribution in [0.2, 0.25) is 0 Å². The second kappa shape index (κ2) is 17.1. The molecule has 0 heterocycles. The van der Waals surface area contributed by atoms with E-state index in [9.17, 15) is 0 Å². The van der Waals surface area contributed by atoms with Gasteiger partial charge < -0.3 is 35.5 Å². The Morgan fingerprint density at radius 2 is 0.667 bits per heavy atom. The molecule has 0 N–H and O–H groups in total. The number of nitrogens with zero attached hydrogens (tertiary/aromatic N) is 3. The molecule has 0 aromatic heterocycles. The van der Waals surface area contributed by atoms with Crippen LogP contribution in [0, 0.1) is 35.5 Å². The Morgan fingerprint density at radius 1 is 0.667 bits per heavy atom. The second-order valence-corrected chi connectivity index (χ2v) is 0. The predicted molar refractivity (Wildman–Crippen MR) is 26.3 cm³/mol. The third kappa shape index (κ3) is 10.3. The van der Waals surface area contributed by atoms with Gasteiger partial charge in [-0.2, -0.15) is 0 Å². The van der Waals surface area contributed by atoms with Gasteiger partial charge in [0.25, 0.3) is 0 Å². The van der Waals surface area contributed by atoms with Crippen molar-refractivity contribution in [3.8, 4) is 0 Å². The van der Waals surface area contributed by atoms with Crippen molar-refractivity contribution >= 4 is 0 Å². The van der Waals surface area contributed by atoms with Crippen LogP contribution in [0.3, 0.4) is 0 Å². The van der Waals surface area contributed by atoms with Crippen molar-refractivity contribution in [2.75, 3.05) is 0 Å².